The Hall–Kier alpha value is -3.09. The molecule has 8 atom stereocenters. The van der Waals surface area contributed by atoms with Gasteiger partial charge in [0.25, 0.3) is 0 Å². The molecule has 0 aliphatic heterocycles. The summed E-state index contributed by atoms with van der Waals surface area (Å²) in [6.45, 7) is 1.55. The van der Waals surface area contributed by atoms with Crippen LogP contribution in [0.4, 0.5) is 0 Å². The van der Waals surface area contributed by atoms with Gasteiger partial charge in [0.1, 0.15) is 11.9 Å². The van der Waals surface area contributed by atoms with Gasteiger partial charge in [0.2, 0.25) is 5.91 Å². The molecule has 226 valence electrons. The lowest BCUT2D eigenvalue weighted by Gasteiger charge is -2.57. The van der Waals surface area contributed by atoms with Crippen molar-refractivity contribution in [2.45, 2.75) is 67.9 Å². The van der Waals surface area contributed by atoms with Gasteiger partial charge in [-0.1, -0.05) is 31.9 Å². The topological polar surface area (TPSA) is 181 Å². The van der Waals surface area contributed by atoms with Crippen LogP contribution in [0.5, 0.6) is 5.75 Å². The number of carbonyl (C=O) groups is 6. The van der Waals surface area contributed by atoms with Crippen molar-refractivity contribution >= 4 is 46.8 Å². The van der Waals surface area contributed by atoms with Crippen molar-refractivity contribution in [3.05, 3.63) is 29.3 Å². The van der Waals surface area contributed by atoms with E-state index >= 15 is 0 Å². The first-order chi connectivity index (χ1) is 19.9. The monoisotopic (exact) mass is 600 g/mol. The SMILES string of the molecule is CCC(=O)O[C@@H]1[C@@H]2C(C(=O)c3c(O)cccc3[C@H]2CSC2CCCC2)C(=O)[C@@]2(O)C(=O)C(C(N)=O)C(=O)[C@H](N(C)C)[C@@H]12. The highest BCUT2D eigenvalue weighted by atomic mass is 32.2. The number of thioether (sulfide) groups is 1. The minimum absolute atomic E-state index is 0.0818. The molecule has 3 fully saturated rings. The molecule has 1 aromatic rings. The molecular formula is C30H36N2O9S. The van der Waals surface area contributed by atoms with E-state index in [-0.39, 0.29) is 17.7 Å². The number of rotatable bonds is 7. The summed E-state index contributed by atoms with van der Waals surface area (Å²) < 4.78 is 5.94. The molecule has 2 unspecified atom stereocenters. The Morgan fingerprint density at radius 1 is 1.12 bits per heavy atom. The fraction of sp³-hybridized carbons (Fsp3) is 0.600. The molecule has 0 aromatic heterocycles. The molecule has 5 rings (SSSR count). The van der Waals surface area contributed by atoms with E-state index in [2.05, 4.69) is 0 Å². The van der Waals surface area contributed by atoms with Gasteiger partial charge in [-0.25, -0.2) is 0 Å². The molecule has 0 spiro atoms. The van der Waals surface area contributed by atoms with Gasteiger partial charge < -0.3 is 20.7 Å². The molecule has 1 aromatic carbocycles. The average Bonchev–Trinajstić information content (AvgIpc) is 3.45. The minimum Gasteiger partial charge on any atom is -0.507 e. The Kier molecular flexibility index (Phi) is 8.10. The van der Waals surface area contributed by atoms with E-state index in [9.17, 15) is 39.0 Å². The number of fused-ring (bicyclic) bond motifs is 3. The molecule has 4 aliphatic carbocycles. The summed E-state index contributed by atoms with van der Waals surface area (Å²) in [5, 5.41) is 23.2. The maximum Gasteiger partial charge on any atom is 0.305 e. The highest BCUT2D eigenvalue weighted by Gasteiger charge is 2.74. The molecule has 0 bridgehead atoms. The maximum atomic E-state index is 14.4. The summed E-state index contributed by atoms with van der Waals surface area (Å²) >= 11 is 1.67. The summed E-state index contributed by atoms with van der Waals surface area (Å²) in [7, 11) is 2.97. The van der Waals surface area contributed by atoms with Crippen LogP contribution in [0.3, 0.4) is 0 Å². The standard InChI is InChI=1S/C30H36N2O9S/c1-4-17(34)41-26-19-15(12-42-13-8-5-6-9-13)14-10-7-11-16(33)18(14)24(35)20(19)27(37)30(40)22(26)23(32(2)3)25(36)21(28(30)38)29(31)39/h7,10-11,13,15,19-23,26,33,40H,4-6,8-9,12H2,1-3H3,(H2,31,39)/t15-,19+,20?,21?,22+,23-,26-,30-/m1/s1. The maximum absolute atomic E-state index is 14.4. The third kappa shape index (κ3) is 4.49. The van der Waals surface area contributed by atoms with E-state index in [1.165, 1.54) is 25.1 Å². The fourth-order valence-electron chi connectivity index (χ4n) is 7.61. The molecule has 11 nitrogen and oxygen atoms in total. The summed E-state index contributed by atoms with van der Waals surface area (Å²) in [5.74, 6) is -13.3. The number of amides is 1. The molecule has 0 radical (unpaired) electrons. The fourth-order valence-corrected chi connectivity index (χ4v) is 9.16. The van der Waals surface area contributed by atoms with Gasteiger partial charge in [0.15, 0.2) is 34.7 Å². The van der Waals surface area contributed by atoms with E-state index in [1.807, 2.05) is 0 Å². The normalized spacial score (nSPS) is 34.6. The molecule has 3 saturated carbocycles. The van der Waals surface area contributed by atoms with E-state index < -0.39 is 82.3 Å². The minimum atomic E-state index is -3.02. The molecule has 42 heavy (non-hydrogen) atoms. The van der Waals surface area contributed by atoms with Gasteiger partial charge in [-0.15, -0.1) is 0 Å². The number of hydrogen-bond acceptors (Lipinski definition) is 11. The smallest absolute Gasteiger partial charge is 0.305 e. The molecular weight excluding hydrogens is 564 g/mol. The number of ketones is 4. The van der Waals surface area contributed by atoms with Gasteiger partial charge in [0.05, 0.1) is 23.4 Å². The zero-order valence-electron chi connectivity index (χ0n) is 23.8. The number of esters is 1. The van der Waals surface area contributed by atoms with Crippen molar-refractivity contribution in [2.75, 3.05) is 19.8 Å². The van der Waals surface area contributed by atoms with Crippen molar-refractivity contribution in [3.63, 3.8) is 0 Å². The summed E-state index contributed by atoms with van der Waals surface area (Å²) in [4.78, 5) is 82.5. The van der Waals surface area contributed by atoms with Crippen LogP contribution in [0, 0.1) is 23.7 Å². The average molecular weight is 601 g/mol. The zero-order valence-corrected chi connectivity index (χ0v) is 24.6. The second kappa shape index (κ2) is 11.2. The summed E-state index contributed by atoms with van der Waals surface area (Å²) in [6, 6.07) is 3.20. The molecule has 4 aliphatic rings. The van der Waals surface area contributed by atoms with Gasteiger partial charge in [-0.3, -0.25) is 33.7 Å². The number of ether oxygens (including phenoxy) is 1. The van der Waals surface area contributed by atoms with Crippen LogP contribution in [0.15, 0.2) is 18.2 Å². The van der Waals surface area contributed by atoms with Crippen LogP contribution < -0.4 is 5.73 Å². The number of nitrogens with two attached hydrogens (primary N) is 1. The number of aliphatic hydroxyl groups is 1. The predicted octanol–water partition coefficient (Wildman–Crippen LogP) is 1.02. The number of carbonyl (C=O) groups excluding carboxylic acids is 6. The third-order valence-electron chi connectivity index (χ3n) is 9.49. The molecule has 0 saturated heterocycles. The highest BCUT2D eigenvalue weighted by molar-refractivity contribution is 7.99. The van der Waals surface area contributed by atoms with Crippen molar-refractivity contribution in [3.8, 4) is 5.75 Å². The van der Waals surface area contributed by atoms with E-state index in [1.54, 1.807) is 30.8 Å². The number of aromatic hydroxyl groups is 1. The van der Waals surface area contributed by atoms with Crippen LogP contribution in [-0.2, 0) is 28.7 Å². The highest BCUT2D eigenvalue weighted by Crippen LogP contribution is 2.56. The van der Waals surface area contributed by atoms with Gasteiger partial charge in [0, 0.05) is 29.3 Å². The number of Topliss-reactive ketones (excluding diaryl/α,β-unsaturated/α-hetero) is 4. The van der Waals surface area contributed by atoms with Crippen LogP contribution in [0.2, 0.25) is 0 Å². The number of likely N-dealkylation sites (N-methyl/N-ethyl adjacent to an activating group) is 1. The van der Waals surface area contributed by atoms with E-state index in [0.717, 1.165) is 25.7 Å². The number of phenolic OH excluding ortho intramolecular Hbond substituents is 1. The number of phenols is 1. The third-order valence-corrected chi connectivity index (χ3v) is 11.0. The van der Waals surface area contributed by atoms with Crippen LogP contribution in [0.1, 0.15) is 60.9 Å². The summed E-state index contributed by atoms with van der Waals surface area (Å²) in [5.41, 5.74) is 2.80. The quantitative estimate of drug-likeness (QED) is 0.300. The lowest BCUT2D eigenvalue weighted by molar-refractivity contribution is -0.205. The number of nitrogens with zero attached hydrogens (tertiary/aromatic N) is 1. The van der Waals surface area contributed by atoms with Crippen LogP contribution >= 0.6 is 11.8 Å². The van der Waals surface area contributed by atoms with Crippen molar-refractivity contribution in [2.24, 2.45) is 29.4 Å². The van der Waals surface area contributed by atoms with Crippen molar-refractivity contribution in [1.29, 1.82) is 0 Å². The lowest BCUT2D eigenvalue weighted by Crippen LogP contribution is -2.78. The van der Waals surface area contributed by atoms with Crippen molar-refractivity contribution < 1.29 is 43.7 Å². The van der Waals surface area contributed by atoms with E-state index in [0.29, 0.717) is 16.6 Å². The Bertz CT molecular complexity index is 1360. The van der Waals surface area contributed by atoms with Gasteiger partial charge >= 0.3 is 5.97 Å². The largest absolute Gasteiger partial charge is 0.507 e. The van der Waals surface area contributed by atoms with Crippen LogP contribution in [-0.4, -0.2) is 93.0 Å². The number of primary amides is 1. The molecule has 4 N–H and O–H groups in total. The first-order valence-corrected chi connectivity index (χ1v) is 15.4. The summed E-state index contributed by atoms with van der Waals surface area (Å²) in [6.07, 6.45) is 2.68. The zero-order chi connectivity index (χ0) is 30.7. The molecule has 12 heteroatoms. The second-order valence-electron chi connectivity index (χ2n) is 12.0. The van der Waals surface area contributed by atoms with Crippen LogP contribution in [0.25, 0.3) is 0 Å². The Morgan fingerprint density at radius 2 is 1.79 bits per heavy atom. The Labute approximate surface area is 247 Å². The predicted molar refractivity (Wildman–Crippen MR) is 151 cm³/mol. The second-order valence-corrected chi connectivity index (χ2v) is 13.3. The lowest BCUT2D eigenvalue weighted by atomic mass is 9.49. The Morgan fingerprint density at radius 3 is 2.38 bits per heavy atom. The van der Waals surface area contributed by atoms with Gasteiger partial charge in [-0.2, -0.15) is 11.8 Å². The first-order valence-electron chi connectivity index (χ1n) is 14.3. The Balaban J connectivity index is 1.75. The van der Waals surface area contributed by atoms with Gasteiger partial charge in [-0.05, 0) is 38.6 Å². The van der Waals surface area contributed by atoms with Crippen molar-refractivity contribution in [1.82, 2.24) is 4.90 Å². The molecule has 0 heterocycles. The molecule has 1 amide bonds. The van der Waals surface area contributed by atoms with E-state index in [4.69, 9.17) is 10.5 Å². The number of hydrogen-bond donors (Lipinski definition) is 3. The first kappa shape index (κ1) is 30.4. The number of benzene rings is 1.